The second kappa shape index (κ2) is 13.6. The van der Waals surface area contributed by atoms with Crippen molar-refractivity contribution >= 4 is 11.8 Å². The smallest absolute Gasteiger partial charge is 0.323 e. The number of ether oxygens (including phenoxy) is 1. The molecule has 2 atom stereocenters. The maximum Gasteiger partial charge on any atom is 0.323 e. The van der Waals surface area contributed by atoms with E-state index in [1.54, 1.807) is 6.92 Å². The summed E-state index contributed by atoms with van der Waals surface area (Å²) in [5.74, 6) is 0.00596. The van der Waals surface area contributed by atoms with Crippen LogP contribution < -0.4 is 5.32 Å². The first-order valence-corrected chi connectivity index (χ1v) is 9.91. The minimum atomic E-state index is -0.508. The summed E-state index contributed by atoms with van der Waals surface area (Å²) in [5, 5.41) is 10.2. The second-order valence-electron chi connectivity index (χ2n) is 7.30. The third-order valence-corrected chi connectivity index (χ3v) is 4.39. The van der Waals surface area contributed by atoms with Gasteiger partial charge in [0, 0.05) is 7.11 Å². The Balaban J connectivity index is 0.00000204. The molecule has 0 aliphatic heterocycles. The van der Waals surface area contributed by atoms with Crippen LogP contribution in [0.5, 0.6) is 0 Å². The fourth-order valence-electron chi connectivity index (χ4n) is 2.95. The fraction of sp³-hybridized carbons (Fsp3) is 0.417. The molecule has 0 saturated heterocycles. The Hall–Kier alpha value is -2.50. The zero-order valence-electron chi connectivity index (χ0n) is 17.8. The molecule has 0 spiro atoms. The maximum absolute atomic E-state index is 12.7. The van der Waals surface area contributed by atoms with E-state index in [4.69, 9.17) is 9.84 Å². The summed E-state index contributed by atoms with van der Waals surface area (Å²) >= 11 is 0. The lowest BCUT2D eigenvalue weighted by Crippen LogP contribution is -2.48. The molecule has 2 aromatic carbocycles. The van der Waals surface area contributed by atoms with Gasteiger partial charge >= 0.3 is 5.97 Å². The molecule has 2 N–H and O–H groups in total. The van der Waals surface area contributed by atoms with Crippen LogP contribution in [0.25, 0.3) is 0 Å². The minimum Gasteiger partial charge on any atom is -0.460 e. The van der Waals surface area contributed by atoms with Crippen LogP contribution >= 0.6 is 0 Å². The van der Waals surface area contributed by atoms with Crippen molar-refractivity contribution in [2.45, 2.75) is 52.3 Å². The van der Waals surface area contributed by atoms with Gasteiger partial charge in [-0.15, -0.1) is 0 Å². The normalized spacial score (nSPS) is 12.5. The predicted molar refractivity (Wildman–Crippen MR) is 115 cm³/mol. The molecule has 0 fully saturated rings. The van der Waals surface area contributed by atoms with Crippen LogP contribution in [0.1, 0.15) is 38.3 Å². The predicted octanol–water partition coefficient (Wildman–Crippen LogP) is 3.54. The lowest BCUT2D eigenvalue weighted by molar-refractivity contribution is -0.148. The van der Waals surface area contributed by atoms with E-state index in [-0.39, 0.29) is 18.4 Å². The highest BCUT2D eigenvalue weighted by molar-refractivity contribution is 5.83. The molecule has 0 saturated carbocycles. The summed E-state index contributed by atoms with van der Waals surface area (Å²) in [5.41, 5.74) is 2.01. The molecule has 0 aliphatic rings. The van der Waals surface area contributed by atoms with Gasteiger partial charge in [0.25, 0.3) is 0 Å². The molecule has 0 aliphatic carbocycles. The third-order valence-electron chi connectivity index (χ3n) is 4.39. The standard InChI is InChI=1S/C23H29NO3.CH4O/c1-17(2)14-22(23(26)27-16-20-12-8-5-9-13-20)24-21(18(3)25)15-19-10-6-4-7-11-19;1-2/h4-13,17,21-22,24H,14-16H2,1-3H3;2H,1H3/t21?,22-;/m0./s1. The molecule has 0 bridgehead atoms. The molecule has 2 aromatic rings. The average molecular weight is 400 g/mol. The average Bonchev–Trinajstić information content (AvgIpc) is 2.73. The van der Waals surface area contributed by atoms with Crippen LogP contribution in [0.4, 0.5) is 0 Å². The number of rotatable bonds is 10. The van der Waals surface area contributed by atoms with E-state index in [0.717, 1.165) is 18.2 Å². The van der Waals surface area contributed by atoms with Crippen molar-refractivity contribution in [3.63, 3.8) is 0 Å². The number of hydrogen-bond donors (Lipinski definition) is 2. The van der Waals surface area contributed by atoms with Gasteiger partial charge in [-0.3, -0.25) is 14.9 Å². The molecular weight excluding hydrogens is 366 g/mol. The summed E-state index contributed by atoms with van der Waals surface area (Å²) in [6, 6.07) is 18.5. The first-order chi connectivity index (χ1) is 14.0. The Morgan fingerprint density at radius 1 is 0.897 bits per heavy atom. The molecule has 2 rings (SSSR count). The maximum atomic E-state index is 12.7. The van der Waals surface area contributed by atoms with Gasteiger partial charge in [0.15, 0.2) is 0 Å². The molecule has 5 heteroatoms. The van der Waals surface area contributed by atoms with Crippen molar-refractivity contribution in [2.75, 3.05) is 7.11 Å². The number of aliphatic hydroxyl groups is 1. The number of ketones is 1. The molecule has 0 heterocycles. The SMILES string of the molecule is CC(=O)C(Cc1ccccc1)N[C@@H](CC(C)C)C(=O)OCc1ccccc1.CO. The summed E-state index contributed by atoms with van der Waals surface area (Å²) in [7, 11) is 1.00. The molecule has 158 valence electrons. The van der Waals surface area contributed by atoms with Gasteiger partial charge in [-0.1, -0.05) is 74.5 Å². The highest BCUT2D eigenvalue weighted by Crippen LogP contribution is 2.12. The summed E-state index contributed by atoms with van der Waals surface area (Å²) in [6.45, 7) is 5.90. The number of carbonyl (C=O) groups excluding carboxylic acids is 2. The van der Waals surface area contributed by atoms with Crippen LogP contribution in [0, 0.1) is 5.92 Å². The van der Waals surface area contributed by atoms with Crippen molar-refractivity contribution < 1.29 is 19.4 Å². The molecular formula is C24H33NO4. The zero-order chi connectivity index (χ0) is 21.6. The van der Waals surface area contributed by atoms with E-state index in [0.29, 0.717) is 18.8 Å². The van der Waals surface area contributed by atoms with E-state index < -0.39 is 12.1 Å². The van der Waals surface area contributed by atoms with Crippen molar-refractivity contribution in [3.8, 4) is 0 Å². The Bertz CT molecular complexity index is 716. The van der Waals surface area contributed by atoms with Crippen LogP contribution in [0.2, 0.25) is 0 Å². The van der Waals surface area contributed by atoms with E-state index in [1.807, 2.05) is 60.7 Å². The Morgan fingerprint density at radius 3 is 1.90 bits per heavy atom. The van der Waals surface area contributed by atoms with Crippen LogP contribution in [0.15, 0.2) is 60.7 Å². The summed E-state index contributed by atoms with van der Waals surface area (Å²) in [6.07, 6.45) is 1.17. The minimum absolute atomic E-state index is 0.0171. The first-order valence-electron chi connectivity index (χ1n) is 9.91. The van der Waals surface area contributed by atoms with E-state index in [1.165, 1.54) is 0 Å². The highest BCUT2D eigenvalue weighted by Gasteiger charge is 2.26. The number of Topliss-reactive ketones (excluding diaryl/α,β-unsaturated/α-hetero) is 1. The van der Waals surface area contributed by atoms with E-state index >= 15 is 0 Å². The van der Waals surface area contributed by atoms with Crippen LogP contribution in [-0.2, 0) is 27.4 Å². The lowest BCUT2D eigenvalue weighted by atomic mass is 9.99. The fourth-order valence-corrected chi connectivity index (χ4v) is 2.95. The number of carbonyl (C=O) groups is 2. The molecule has 0 aromatic heterocycles. The third kappa shape index (κ3) is 9.50. The molecule has 29 heavy (non-hydrogen) atoms. The number of nitrogens with one attached hydrogen (secondary N) is 1. The van der Waals surface area contributed by atoms with Crippen molar-refractivity contribution in [2.24, 2.45) is 5.92 Å². The molecule has 5 nitrogen and oxygen atoms in total. The van der Waals surface area contributed by atoms with E-state index in [9.17, 15) is 9.59 Å². The summed E-state index contributed by atoms with van der Waals surface area (Å²) in [4.78, 5) is 24.8. The first kappa shape index (κ1) is 24.5. The van der Waals surface area contributed by atoms with Gasteiger partial charge in [-0.05, 0) is 36.8 Å². The Labute approximate surface area is 174 Å². The van der Waals surface area contributed by atoms with Gasteiger partial charge in [-0.2, -0.15) is 0 Å². The number of benzene rings is 2. The van der Waals surface area contributed by atoms with Crippen molar-refractivity contribution in [1.29, 1.82) is 0 Å². The number of esters is 1. The van der Waals surface area contributed by atoms with Crippen LogP contribution in [-0.4, -0.2) is 36.1 Å². The highest BCUT2D eigenvalue weighted by atomic mass is 16.5. The van der Waals surface area contributed by atoms with E-state index in [2.05, 4.69) is 19.2 Å². The largest absolute Gasteiger partial charge is 0.460 e. The number of hydrogen-bond acceptors (Lipinski definition) is 5. The van der Waals surface area contributed by atoms with Crippen molar-refractivity contribution in [3.05, 3.63) is 71.8 Å². The Kier molecular flexibility index (Phi) is 11.5. The molecule has 0 radical (unpaired) electrons. The number of aliphatic hydroxyl groups excluding tert-OH is 1. The quantitative estimate of drug-likeness (QED) is 0.598. The molecule has 1 unspecified atom stereocenters. The summed E-state index contributed by atoms with van der Waals surface area (Å²) < 4.78 is 5.51. The Morgan fingerprint density at radius 2 is 1.41 bits per heavy atom. The monoisotopic (exact) mass is 399 g/mol. The van der Waals surface area contributed by atoms with Crippen molar-refractivity contribution in [1.82, 2.24) is 5.32 Å². The zero-order valence-corrected chi connectivity index (χ0v) is 17.8. The van der Waals surface area contributed by atoms with Crippen LogP contribution in [0.3, 0.4) is 0 Å². The topological polar surface area (TPSA) is 75.6 Å². The van der Waals surface area contributed by atoms with Gasteiger partial charge in [0.05, 0.1) is 6.04 Å². The molecule has 0 amide bonds. The van der Waals surface area contributed by atoms with Gasteiger partial charge in [-0.25, -0.2) is 0 Å². The second-order valence-corrected chi connectivity index (χ2v) is 7.30. The van der Waals surface area contributed by atoms with Gasteiger partial charge < -0.3 is 9.84 Å². The van der Waals surface area contributed by atoms with Gasteiger partial charge in [0.2, 0.25) is 0 Å². The lowest BCUT2D eigenvalue weighted by Gasteiger charge is -2.24. The van der Waals surface area contributed by atoms with Gasteiger partial charge in [0.1, 0.15) is 18.4 Å².